The van der Waals surface area contributed by atoms with Crippen molar-refractivity contribution in [3.8, 4) is 5.75 Å². The lowest BCUT2D eigenvalue weighted by molar-refractivity contribution is 0.304. The third-order valence-corrected chi connectivity index (χ3v) is 2.95. The Bertz CT molecular complexity index is 323. The van der Waals surface area contributed by atoms with Gasteiger partial charge in [0, 0.05) is 6.04 Å². The lowest BCUT2D eigenvalue weighted by Crippen LogP contribution is -2.23. The molecule has 18 heavy (non-hydrogen) atoms. The Kier molecular flexibility index (Phi) is 7.51. The van der Waals surface area contributed by atoms with Crippen molar-refractivity contribution >= 4 is 0 Å². The van der Waals surface area contributed by atoms with Crippen LogP contribution in [0.15, 0.2) is 24.3 Å². The highest BCUT2D eigenvalue weighted by atomic mass is 16.5. The van der Waals surface area contributed by atoms with E-state index in [1.54, 1.807) is 0 Å². The van der Waals surface area contributed by atoms with Crippen LogP contribution in [0.4, 0.5) is 0 Å². The molecule has 0 aliphatic carbocycles. The van der Waals surface area contributed by atoms with Gasteiger partial charge < -0.3 is 10.1 Å². The van der Waals surface area contributed by atoms with E-state index >= 15 is 0 Å². The summed E-state index contributed by atoms with van der Waals surface area (Å²) in [4.78, 5) is 0. The zero-order chi connectivity index (χ0) is 13.2. The molecule has 0 bridgehead atoms. The van der Waals surface area contributed by atoms with Crippen molar-refractivity contribution < 1.29 is 4.74 Å². The molecule has 1 aromatic carbocycles. The van der Waals surface area contributed by atoms with Gasteiger partial charge in [-0.25, -0.2) is 0 Å². The molecule has 102 valence electrons. The highest BCUT2D eigenvalue weighted by Gasteiger charge is 1.96. The van der Waals surface area contributed by atoms with Gasteiger partial charge in [0.1, 0.15) is 5.75 Å². The van der Waals surface area contributed by atoms with Crippen LogP contribution in [-0.2, 0) is 6.42 Å². The lowest BCUT2D eigenvalue weighted by atomic mass is 10.2. The number of unbranched alkanes of at least 4 members (excludes halogenated alkanes) is 2. The van der Waals surface area contributed by atoms with Crippen molar-refractivity contribution in [3.05, 3.63) is 29.8 Å². The third kappa shape index (κ3) is 6.65. The molecule has 0 aromatic heterocycles. The van der Waals surface area contributed by atoms with Gasteiger partial charge in [-0.05, 0) is 49.9 Å². The van der Waals surface area contributed by atoms with Crippen LogP contribution in [0, 0.1) is 0 Å². The van der Waals surface area contributed by atoms with Gasteiger partial charge in [0.05, 0.1) is 6.61 Å². The molecule has 0 saturated heterocycles. The molecule has 0 fully saturated rings. The normalized spacial score (nSPS) is 10.9. The van der Waals surface area contributed by atoms with Crippen molar-refractivity contribution in [2.45, 2.75) is 52.5 Å². The maximum atomic E-state index is 5.76. The number of nitrogens with one attached hydrogen (secondary N) is 1. The topological polar surface area (TPSA) is 21.3 Å². The Morgan fingerprint density at radius 2 is 2.00 bits per heavy atom. The molecule has 2 heteroatoms. The second kappa shape index (κ2) is 8.98. The van der Waals surface area contributed by atoms with Crippen LogP contribution < -0.4 is 10.1 Å². The van der Waals surface area contributed by atoms with Crippen LogP contribution in [0.3, 0.4) is 0 Å². The van der Waals surface area contributed by atoms with Gasteiger partial charge in [0.25, 0.3) is 0 Å². The average Bonchev–Trinajstić information content (AvgIpc) is 2.37. The van der Waals surface area contributed by atoms with Gasteiger partial charge in [-0.15, -0.1) is 0 Å². The summed E-state index contributed by atoms with van der Waals surface area (Å²) in [5.41, 5.74) is 1.34. The van der Waals surface area contributed by atoms with E-state index in [2.05, 4.69) is 44.3 Å². The molecule has 0 radical (unpaired) electrons. The lowest BCUT2D eigenvalue weighted by Gasteiger charge is -2.09. The first-order valence-electron chi connectivity index (χ1n) is 7.17. The second-order valence-electron chi connectivity index (χ2n) is 5.02. The molecule has 0 aliphatic heterocycles. The number of benzene rings is 1. The summed E-state index contributed by atoms with van der Waals surface area (Å²) in [5, 5.41) is 3.43. The van der Waals surface area contributed by atoms with Crippen molar-refractivity contribution in [1.82, 2.24) is 5.32 Å². The standard InChI is InChI=1S/C16H27NO/c1-4-15-9-8-10-16(13-15)18-12-7-5-6-11-17-14(2)3/h8-10,13-14,17H,4-7,11-12H2,1-3H3. The molecule has 0 amide bonds. The van der Waals surface area contributed by atoms with Gasteiger partial charge >= 0.3 is 0 Å². The molecule has 0 saturated carbocycles. The Labute approximate surface area is 112 Å². The first-order chi connectivity index (χ1) is 8.72. The molecule has 0 spiro atoms. The quantitative estimate of drug-likeness (QED) is 0.672. The average molecular weight is 249 g/mol. The molecule has 0 unspecified atom stereocenters. The van der Waals surface area contributed by atoms with Gasteiger partial charge in [-0.2, -0.15) is 0 Å². The van der Waals surface area contributed by atoms with Gasteiger partial charge in [-0.3, -0.25) is 0 Å². The van der Waals surface area contributed by atoms with Crippen molar-refractivity contribution in [3.63, 3.8) is 0 Å². The number of ether oxygens (including phenoxy) is 1. The summed E-state index contributed by atoms with van der Waals surface area (Å²) in [6.07, 6.45) is 4.66. The number of hydrogen-bond donors (Lipinski definition) is 1. The van der Waals surface area contributed by atoms with Crippen LogP contribution in [0.1, 0.15) is 45.6 Å². The summed E-state index contributed by atoms with van der Waals surface area (Å²) in [6.45, 7) is 8.48. The number of rotatable bonds is 9. The largest absolute Gasteiger partial charge is 0.494 e. The van der Waals surface area contributed by atoms with E-state index in [1.807, 2.05) is 6.07 Å². The summed E-state index contributed by atoms with van der Waals surface area (Å²) in [7, 11) is 0. The van der Waals surface area contributed by atoms with E-state index in [4.69, 9.17) is 4.74 Å². The predicted octanol–water partition coefficient (Wildman–Crippen LogP) is 3.80. The summed E-state index contributed by atoms with van der Waals surface area (Å²) in [5.74, 6) is 1.01. The fourth-order valence-corrected chi connectivity index (χ4v) is 1.84. The minimum atomic E-state index is 0.595. The minimum Gasteiger partial charge on any atom is -0.494 e. The van der Waals surface area contributed by atoms with Crippen LogP contribution in [0.5, 0.6) is 5.75 Å². The molecule has 1 N–H and O–H groups in total. The molecule has 1 rings (SSSR count). The Hall–Kier alpha value is -1.02. The van der Waals surface area contributed by atoms with E-state index < -0.39 is 0 Å². The first kappa shape index (κ1) is 15.0. The Balaban J connectivity index is 2.06. The van der Waals surface area contributed by atoms with Gasteiger partial charge in [0.2, 0.25) is 0 Å². The molecule has 2 nitrogen and oxygen atoms in total. The number of hydrogen-bond acceptors (Lipinski definition) is 2. The smallest absolute Gasteiger partial charge is 0.119 e. The highest BCUT2D eigenvalue weighted by Crippen LogP contribution is 2.14. The minimum absolute atomic E-state index is 0.595. The van der Waals surface area contributed by atoms with E-state index in [9.17, 15) is 0 Å². The first-order valence-corrected chi connectivity index (χ1v) is 7.17. The van der Waals surface area contributed by atoms with Crippen molar-refractivity contribution in [1.29, 1.82) is 0 Å². The van der Waals surface area contributed by atoms with Crippen molar-refractivity contribution in [2.24, 2.45) is 0 Å². The van der Waals surface area contributed by atoms with Crippen LogP contribution >= 0.6 is 0 Å². The highest BCUT2D eigenvalue weighted by molar-refractivity contribution is 5.28. The molecule has 1 aromatic rings. The Morgan fingerprint density at radius 1 is 1.17 bits per heavy atom. The van der Waals surface area contributed by atoms with Crippen LogP contribution in [0.2, 0.25) is 0 Å². The van der Waals surface area contributed by atoms with E-state index in [0.717, 1.165) is 31.7 Å². The fraction of sp³-hybridized carbons (Fsp3) is 0.625. The molecule has 0 aliphatic rings. The van der Waals surface area contributed by atoms with Crippen LogP contribution in [-0.4, -0.2) is 19.2 Å². The van der Waals surface area contributed by atoms with Gasteiger partial charge in [-0.1, -0.05) is 32.9 Å². The summed E-state index contributed by atoms with van der Waals surface area (Å²) >= 11 is 0. The SMILES string of the molecule is CCc1cccc(OCCCCCNC(C)C)c1. The van der Waals surface area contributed by atoms with Gasteiger partial charge in [0.15, 0.2) is 0 Å². The molecule has 0 heterocycles. The van der Waals surface area contributed by atoms with E-state index in [0.29, 0.717) is 6.04 Å². The monoisotopic (exact) mass is 249 g/mol. The molecule has 0 atom stereocenters. The van der Waals surface area contributed by atoms with E-state index in [-0.39, 0.29) is 0 Å². The zero-order valence-corrected chi connectivity index (χ0v) is 12.0. The zero-order valence-electron chi connectivity index (χ0n) is 12.0. The summed E-state index contributed by atoms with van der Waals surface area (Å²) in [6, 6.07) is 8.99. The third-order valence-electron chi connectivity index (χ3n) is 2.95. The molecular weight excluding hydrogens is 222 g/mol. The van der Waals surface area contributed by atoms with E-state index in [1.165, 1.54) is 18.4 Å². The van der Waals surface area contributed by atoms with Crippen molar-refractivity contribution in [2.75, 3.05) is 13.2 Å². The van der Waals surface area contributed by atoms with Crippen LogP contribution in [0.25, 0.3) is 0 Å². The predicted molar refractivity (Wildman–Crippen MR) is 78.3 cm³/mol. The number of aryl methyl sites for hydroxylation is 1. The second-order valence-corrected chi connectivity index (χ2v) is 5.02. The maximum Gasteiger partial charge on any atom is 0.119 e. The fourth-order valence-electron chi connectivity index (χ4n) is 1.84. The molecular formula is C16H27NO. The Morgan fingerprint density at radius 3 is 2.72 bits per heavy atom. The summed E-state index contributed by atoms with van der Waals surface area (Å²) < 4.78 is 5.76. The maximum absolute atomic E-state index is 5.76.